The van der Waals surface area contributed by atoms with Gasteiger partial charge in [-0.2, -0.15) is 0 Å². The highest BCUT2D eigenvalue weighted by atomic mass is 17.1. The molecule has 0 aromatic carbocycles. The van der Waals surface area contributed by atoms with E-state index in [9.17, 15) is 0 Å². The van der Waals surface area contributed by atoms with E-state index in [0.717, 1.165) is 6.42 Å². The van der Waals surface area contributed by atoms with Crippen molar-refractivity contribution in [3.05, 3.63) is 0 Å². The molecule has 0 aromatic rings. The summed E-state index contributed by atoms with van der Waals surface area (Å²) in [7, 11) is 0. The van der Waals surface area contributed by atoms with Gasteiger partial charge in [-0.1, -0.05) is 52.9 Å². The number of unbranched alkanes of at least 4 members (excludes halogenated alkanes) is 5. The van der Waals surface area contributed by atoms with Crippen LogP contribution in [-0.2, 0) is 4.89 Å². The lowest BCUT2D eigenvalue weighted by atomic mass is 9.89. The maximum atomic E-state index is 8.10. The Morgan fingerprint density at radius 1 is 0.857 bits per heavy atom. The van der Waals surface area contributed by atoms with Gasteiger partial charge < -0.3 is 0 Å². The van der Waals surface area contributed by atoms with E-state index in [1.54, 1.807) is 0 Å². The molecule has 0 atom stereocenters. The van der Waals surface area contributed by atoms with Crippen LogP contribution in [0.5, 0.6) is 0 Å². The minimum Gasteiger partial charge on any atom is -0.252 e. The van der Waals surface area contributed by atoms with Crippen molar-refractivity contribution in [2.24, 2.45) is 5.41 Å². The van der Waals surface area contributed by atoms with E-state index in [0.29, 0.717) is 12.0 Å². The van der Waals surface area contributed by atoms with E-state index in [1.165, 1.54) is 38.5 Å². The summed E-state index contributed by atoms with van der Waals surface area (Å²) in [6.45, 7) is 7.38. The van der Waals surface area contributed by atoms with Gasteiger partial charge in [0.25, 0.3) is 0 Å². The molecule has 0 aliphatic heterocycles. The number of hydrogen-bond acceptors (Lipinski definition) is 2. The van der Waals surface area contributed by atoms with Crippen molar-refractivity contribution in [2.45, 2.75) is 65.7 Å². The molecule has 0 bridgehead atoms. The normalized spacial score (nSPS) is 12.0. The van der Waals surface area contributed by atoms with E-state index in [1.807, 2.05) is 0 Å². The van der Waals surface area contributed by atoms with E-state index < -0.39 is 0 Å². The van der Waals surface area contributed by atoms with Crippen molar-refractivity contribution in [3.63, 3.8) is 0 Å². The summed E-state index contributed by atoms with van der Waals surface area (Å²) in [5.41, 5.74) is 0.491. The zero-order chi connectivity index (χ0) is 10.9. The van der Waals surface area contributed by atoms with E-state index in [2.05, 4.69) is 25.7 Å². The van der Waals surface area contributed by atoms with Gasteiger partial charge >= 0.3 is 0 Å². The fourth-order valence-corrected chi connectivity index (χ4v) is 1.53. The van der Waals surface area contributed by atoms with Gasteiger partial charge in [-0.25, -0.2) is 4.89 Å². The molecule has 0 saturated heterocycles. The lowest BCUT2D eigenvalue weighted by molar-refractivity contribution is -0.242. The maximum absolute atomic E-state index is 8.10. The molecule has 0 amide bonds. The molecular weight excluding hydrogens is 176 g/mol. The molecule has 2 heteroatoms. The van der Waals surface area contributed by atoms with Gasteiger partial charge in [-0.3, -0.25) is 5.26 Å². The van der Waals surface area contributed by atoms with Crippen LogP contribution in [0.3, 0.4) is 0 Å². The Morgan fingerprint density at radius 3 is 1.86 bits per heavy atom. The second-order valence-electron chi connectivity index (χ2n) is 5.27. The van der Waals surface area contributed by atoms with Crippen LogP contribution in [0.15, 0.2) is 0 Å². The Balaban J connectivity index is 2.99. The molecule has 0 aromatic heterocycles. The Hall–Kier alpha value is -0.0800. The third kappa shape index (κ3) is 11.9. The summed E-state index contributed by atoms with van der Waals surface area (Å²) >= 11 is 0. The van der Waals surface area contributed by atoms with Gasteiger partial charge in [0.05, 0.1) is 6.61 Å². The highest BCUT2D eigenvalue weighted by molar-refractivity contribution is 4.60. The van der Waals surface area contributed by atoms with E-state index in [-0.39, 0.29) is 0 Å². The average molecular weight is 202 g/mol. The van der Waals surface area contributed by atoms with Gasteiger partial charge in [0, 0.05) is 0 Å². The number of rotatable bonds is 8. The number of hydrogen-bond donors (Lipinski definition) is 1. The monoisotopic (exact) mass is 202 g/mol. The first-order valence-corrected chi connectivity index (χ1v) is 5.82. The molecule has 1 N–H and O–H groups in total. The molecule has 0 spiro atoms. The summed E-state index contributed by atoms with van der Waals surface area (Å²) in [5, 5.41) is 8.10. The lowest BCUT2D eigenvalue weighted by Crippen LogP contribution is -2.03. The topological polar surface area (TPSA) is 29.5 Å². The third-order valence-electron chi connectivity index (χ3n) is 2.41. The van der Waals surface area contributed by atoms with Crippen molar-refractivity contribution in [1.82, 2.24) is 0 Å². The van der Waals surface area contributed by atoms with Crippen molar-refractivity contribution >= 4 is 0 Å². The van der Waals surface area contributed by atoms with Crippen LogP contribution in [0, 0.1) is 5.41 Å². The first-order valence-electron chi connectivity index (χ1n) is 5.82. The van der Waals surface area contributed by atoms with E-state index in [4.69, 9.17) is 5.26 Å². The highest BCUT2D eigenvalue weighted by Crippen LogP contribution is 2.22. The summed E-state index contributed by atoms with van der Waals surface area (Å²) in [4.78, 5) is 4.01. The van der Waals surface area contributed by atoms with Crippen LogP contribution in [0.1, 0.15) is 65.7 Å². The van der Waals surface area contributed by atoms with Gasteiger partial charge in [-0.05, 0) is 18.3 Å². The van der Waals surface area contributed by atoms with Crippen molar-refractivity contribution in [2.75, 3.05) is 6.61 Å². The fourth-order valence-electron chi connectivity index (χ4n) is 1.53. The summed E-state index contributed by atoms with van der Waals surface area (Å²) in [5.74, 6) is 0. The van der Waals surface area contributed by atoms with Gasteiger partial charge in [-0.15, -0.1) is 0 Å². The minimum absolute atomic E-state index is 0.488. The van der Waals surface area contributed by atoms with Crippen molar-refractivity contribution < 1.29 is 10.1 Å². The van der Waals surface area contributed by atoms with Crippen LogP contribution >= 0.6 is 0 Å². The molecule has 0 aliphatic carbocycles. The predicted octanol–water partition coefficient (Wildman–Crippen LogP) is 4.25. The molecule has 0 heterocycles. The SMILES string of the molecule is CC(C)(C)CCCCCCCCOO. The zero-order valence-electron chi connectivity index (χ0n) is 10.0. The quantitative estimate of drug-likeness (QED) is 0.362. The van der Waals surface area contributed by atoms with Gasteiger partial charge in [0.1, 0.15) is 0 Å². The lowest BCUT2D eigenvalue weighted by Gasteiger charge is -2.17. The van der Waals surface area contributed by atoms with Gasteiger partial charge in [0.15, 0.2) is 0 Å². The largest absolute Gasteiger partial charge is 0.252 e. The molecule has 0 aliphatic rings. The van der Waals surface area contributed by atoms with Crippen molar-refractivity contribution in [3.8, 4) is 0 Å². The minimum atomic E-state index is 0.488. The Labute approximate surface area is 88.6 Å². The van der Waals surface area contributed by atoms with Crippen LogP contribution in [0.4, 0.5) is 0 Å². The molecule has 0 fully saturated rings. The second-order valence-corrected chi connectivity index (χ2v) is 5.27. The molecule has 0 rings (SSSR count). The molecular formula is C12H26O2. The fraction of sp³-hybridized carbons (Fsp3) is 1.00. The predicted molar refractivity (Wildman–Crippen MR) is 60.4 cm³/mol. The van der Waals surface area contributed by atoms with E-state index >= 15 is 0 Å². The molecule has 14 heavy (non-hydrogen) atoms. The summed E-state index contributed by atoms with van der Waals surface area (Å²) < 4.78 is 0. The summed E-state index contributed by atoms with van der Waals surface area (Å²) in [6, 6.07) is 0. The van der Waals surface area contributed by atoms with Crippen LogP contribution in [0.2, 0.25) is 0 Å². The standard InChI is InChI=1S/C12H26O2/c1-12(2,3)10-8-6-4-5-7-9-11-14-13/h13H,4-11H2,1-3H3. The Kier molecular flexibility index (Phi) is 8.20. The zero-order valence-corrected chi connectivity index (χ0v) is 10.0. The van der Waals surface area contributed by atoms with Crippen LogP contribution < -0.4 is 0 Å². The molecule has 0 radical (unpaired) electrons. The Bertz CT molecular complexity index is 116. The maximum Gasteiger partial charge on any atom is 0.0819 e. The first-order chi connectivity index (χ1) is 6.56. The molecule has 2 nitrogen and oxygen atoms in total. The van der Waals surface area contributed by atoms with Crippen molar-refractivity contribution in [1.29, 1.82) is 0 Å². The van der Waals surface area contributed by atoms with Crippen LogP contribution in [-0.4, -0.2) is 11.9 Å². The molecule has 86 valence electrons. The average Bonchev–Trinajstić information content (AvgIpc) is 2.08. The highest BCUT2D eigenvalue weighted by Gasteiger charge is 2.08. The molecule has 0 unspecified atom stereocenters. The Morgan fingerprint density at radius 2 is 1.36 bits per heavy atom. The van der Waals surface area contributed by atoms with Gasteiger partial charge in [0.2, 0.25) is 0 Å². The first kappa shape index (κ1) is 13.9. The third-order valence-corrected chi connectivity index (χ3v) is 2.41. The smallest absolute Gasteiger partial charge is 0.0819 e. The summed E-state index contributed by atoms with van der Waals surface area (Å²) in [6.07, 6.45) is 8.77. The molecule has 0 saturated carbocycles. The van der Waals surface area contributed by atoms with Crippen LogP contribution in [0.25, 0.3) is 0 Å². The second kappa shape index (κ2) is 8.25.